The molecule has 2 fully saturated rings. The van der Waals surface area contributed by atoms with Crippen LogP contribution in [0.4, 0.5) is 5.69 Å². The van der Waals surface area contributed by atoms with Crippen LogP contribution in [0.2, 0.25) is 0 Å². The van der Waals surface area contributed by atoms with Gasteiger partial charge in [-0.25, -0.2) is 5.01 Å². The van der Waals surface area contributed by atoms with Crippen molar-refractivity contribution < 1.29 is 14.3 Å². The lowest BCUT2D eigenvalue weighted by Gasteiger charge is -2.38. The molecule has 24 heavy (non-hydrogen) atoms. The third-order valence-electron chi connectivity index (χ3n) is 5.02. The zero-order valence-electron chi connectivity index (χ0n) is 13.6. The van der Waals surface area contributed by atoms with Crippen LogP contribution in [0.3, 0.4) is 0 Å². The third-order valence-corrected chi connectivity index (χ3v) is 5.02. The van der Waals surface area contributed by atoms with Gasteiger partial charge in [0.05, 0.1) is 24.4 Å². The number of rotatable bonds is 2. The van der Waals surface area contributed by atoms with E-state index in [-0.39, 0.29) is 24.0 Å². The van der Waals surface area contributed by atoms with Crippen molar-refractivity contribution in [2.45, 2.75) is 44.2 Å². The van der Waals surface area contributed by atoms with E-state index < -0.39 is 0 Å². The summed E-state index contributed by atoms with van der Waals surface area (Å²) in [6.07, 6.45) is 4.01. The topological polar surface area (TPSA) is 62.2 Å². The number of anilines is 1. The molecule has 1 saturated heterocycles. The van der Waals surface area contributed by atoms with E-state index in [1.54, 1.807) is 0 Å². The van der Waals surface area contributed by atoms with Crippen molar-refractivity contribution >= 4 is 23.2 Å². The van der Waals surface area contributed by atoms with Crippen LogP contribution in [0, 0.1) is 0 Å². The van der Waals surface area contributed by atoms with Gasteiger partial charge in [0.25, 0.3) is 5.91 Å². The number of amides is 2. The molecule has 0 spiro atoms. The average molecular weight is 327 g/mol. The van der Waals surface area contributed by atoms with E-state index in [4.69, 9.17) is 4.74 Å². The Morgan fingerprint density at radius 3 is 2.83 bits per heavy atom. The van der Waals surface area contributed by atoms with Crippen molar-refractivity contribution in [3.05, 3.63) is 30.3 Å². The van der Waals surface area contributed by atoms with Gasteiger partial charge in [-0.15, -0.1) is 0 Å². The molecular weight excluding hydrogens is 306 g/mol. The number of para-hydroxylation sites is 1. The van der Waals surface area contributed by atoms with Gasteiger partial charge in [0, 0.05) is 19.4 Å². The summed E-state index contributed by atoms with van der Waals surface area (Å²) in [5.74, 6) is -0.109. The van der Waals surface area contributed by atoms with Crippen molar-refractivity contribution in [1.82, 2.24) is 4.90 Å². The number of benzene rings is 1. The van der Waals surface area contributed by atoms with Crippen molar-refractivity contribution in [1.29, 1.82) is 0 Å². The number of carbonyl (C=O) groups excluding carboxylic acids is 2. The highest BCUT2D eigenvalue weighted by atomic mass is 16.5. The summed E-state index contributed by atoms with van der Waals surface area (Å²) in [5, 5.41) is 5.76. The van der Waals surface area contributed by atoms with Crippen LogP contribution in [0.1, 0.15) is 32.1 Å². The first-order valence-electron chi connectivity index (χ1n) is 8.62. The van der Waals surface area contributed by atoms with Crippen LogP contribution in [0.15, 0.2) is 35.4 Å². The fourth-order valence-electron chi connectivity index (χ4n) is 3.82. The molecule has 1 saturated carbocycles. The molecule has 1 aromatic carbocycles. The van der Waals surface area contributed by atoms with Crippen molar-refractivity contribution in [2.75, 3.05) is 18.2 Å². The molecule has 1 aromatic rings. The van der Waals surface area contributed by atoms with Crippen LogP contribution in [0.5, 0.6) is 0 Å². The average Bonchev–Trinajstić information content (AvgIpc) is 3.11. The second-order valence-electron chi connectivity index (χ2n) is 6.49. The molecule has 1 aliphatic carbocycles. The summed E-state index contributed by atoms with van der Waals surface area (Å²) >= 11 is 0. The Hall–Kier alpha value is -2.21. The van der Waals surface area contributed by atoms with Crippen LogP contribution >= 0.6 is 0 Å². The van der Waals surface area contributed by atoms with E-state index in [1.165, 1.54) is 5.01 Å². The SMILES string of the molecule is O=C1CCC(C(=O)N2CCO[C@@H]3CCC[C@@H]32)=NN1c1ccccc1. The Morgan fingerprint density at radius 1 is 1.17 bits per heavy atom. The Morgan fingerprint density at radius 2 is 2.00 bits per heavy atom. The molecule has 2 amide bonds. The third kappa shape index (κ3) is 2.71. The lowest BCUT2D eigenvalue weighted by atomic mass is 10.1. The summed E-state index contributed by atoms with van der Waals surface area (Å²) < 4.78 is 5.78. The molecule has 2 aliphatic heterocycles. The van der Waals surface area contributed by atoms with Gasteiger partial charge in [-0.2, -0.15) is 5.10 Å². The Balaban J connectivity index is 1.58. The normalized spacial score (nSPS) is 27.0. The first-order valence-corrected chi connectivity index (χ1v) is 8.62. The lowest BCUT2D eigenvalue weighted by molar-refractivity contribution is -0.136. The highest BCUT2D eigenvalue weighted by Gasteiger charge is 2.40. The molecule has 0 N–H and O–H groups in total. The molecule has 2 atom stereocenters. The number of hydrogen-bond donors (Lipinski definition) is 0. The summed E-state index contributed by atoms with van der Waals surface area (Å²) in [5.41, 5.74) is 1.18. The maximum atomic E-state index is 13.0. The lowest BCUT2D eigenvalue weighted by Crippen LogP contribution is -2.54. The van der Waals surface area contributed by atoms with E-state index in [1.807, 2.05) is 35.2 Å². The van der Waals surface area contributed by atoms with E-state index in [0.29, 0.717) is 37.4 Å². The number of morpholine rings is 1. The monoisotopic (exact) mass is 327 g/mol. The van der Waals surface area contributed by atoms with E-state index in [0.717, 1.165) is 19.3 Å². The minimum absolute atomic E-state index is 0.0383. The molecule has 0 aromatic heterocycles. The minimum Gasteiger partial charge on any atom is -0.374 e. The first-order chi connectivity index (χ1) is 11.7. The standard InChI is InChI=1S/C18H21N3O3/c22-17-10-9-14(19-21(17)13-5-2-1-3-6-13)18(23)20-11-12-24-16-8-4-7-15(16)20/h1-3,5-6,15-16H,4,7-12H2/t15-,16+/m0/s1. The van der Waals surface area contributed by atoms with Crippen molar-refractivity contribution in [2.24, 2.45) is 5.10 Å². The molecular formula is C18H21N3O3. The van der Waals surface area contributed by atoms with Gasteiger partial charge in [-0.05, 0) is 31.4 Å². The van der Waals surface area contributed by atoms with E-state index >= 15 is 0 Å². The molecule has 2 heterocycles. The highest BCUT2D eigenvalue weighted by Crippen LogP contribution is 2.30. The number of hydrazone groups is 1. The number of hydrogen-bond acceptors (Lipinski definition) is 4. The Bertz CT molecular complexity index is 673. The molecule has 126 valence electrons. The number of nitrogens with zero attached hydrogens (tertiary/aromatic N) is 3. The maximum Gasteiger partial charge on any atom is 0.270 e. The fraction of sp³-hybridized carbons (Fsp3) is 0.500. The fourth-order valence-corrected chi connectivity index (χ4v) is 3.82. The molecule has 0 unspecified atom stereocenters. The predicted molar refractivity (Wildman–Crippen MR) is 89.7 cm³/mol. The van der Waals surface area contributed by atoms with Gasteiger partial charge >= 0.3 is 0 Å². The maximum absolute atomic E-state index is 13.0. The number of carbonyl (C=O) groups is 2. The van der Waals surface area contributed by atoms with Gasteiger partial charge in [0.1, 0.15) is 5.71 Å². The van der Waals surface area contributed by atoms with Crippen molar-refractivity contribution in [3.63, 3.8) is 0 Å². The summed E-state index contributed by atoms with van der Waals surface area (Å²) in [6.45, 7) is 1.19. The first kappa shape index (κ1) is 15.3. The zero-order chi connectivity index (χ0) is 16.5. The van der Waals surface area contributed by atoms with Gasteiger partial charge in [-0.3, -0.25) is 9.59 Å². The minimum atomic E-state index is -0.0709. The quantitative estimate of drug-likeness (QED) is 0.834. The summed E-state index contributed by atoms with van der Waals surface area (Å²) in [7, 11) is 0. The number of ether oxygens (including phenoxy) is 1. The summed E-state index contributed by atoms with van der Waals surface area (Å²) in [6, 6.07) is 9.43. The second kappa shape index (κ2) is 6.36. The predicted octanol–water partition coefficient (Wildman–Crippen LogP) is 1.95. The smallest absolute Gasteiger partial charge is 0.270 e. The molecule has 4 rings (SSSR count). The zero-order valence-corrected chi connectivity index (χ0v) is 13.6. The molecule has 0 radical (unpaired) electrons. The molecule has 0 bridgehead atoms. The van der Waals surface area contributed by atoms with Gasteiger partial charge in [0.15, 0.2) is 0 Å². The Kier molecular flexibility index (Phi) is 4.06. The van der Waals surface area contributed by atoms with Crippen molar-refractivity contribution in [3.8, 4) is 0 Å². The van der Waals surface area contributed by atoms with Gasteiger partial charge < -0.3 is 9.64 Å². The molecule has 3 aliphatic rings. The summed E-state index contributed by atoms with van der Waals surface area (Å²) in [4.78, 5) is 27.1. The van der Waals surface area contributed by atoms with Crippen LogP contribution in [0.25, 0.3) is 0 Å². The second-order valence-corrected chi connectivity index (χ2v) is 6.49. The van der Waals surface area contributed by atoms with E-state index in [9.17, 15) is 9.59 Å². The Labute approximate surface area is 141 Å². The van der Waals surface area contributed by atoms with Crippen LogP contribution in [-0.2, 0) is 14.3 Å². The molecule has 6 heteroatoms. The van der Waals surface area contributed by atoms with Gasteiger partial charge in [0.2, 0.25) is 5.91 Å². The van der Waals surface area contributed by atoms with Gasteiger partial charge in [-0.1, -0.05) is 18.2 Å². The number of fused-ring (bicyclic) bond motifs is 1. The van der Waals surface area contributed by atoms with E-state index in [2.05, 4.69) is 5.10 Å². The van der Waals surface area contributed by atoms with Crippen LogP contribution in [-0.4, -0.2) is 47.7 Å². The van der Waals surface area contributed by atoms with Crippen LogP contribution < -0.4 is 5.01 Å². The molecule has 6 nitrogen and oxygen atoms in total. The largest absolute Gasteiger partial charge is 0.374 e. The highest BCUT2D eigenvalue weighted by molar-refractivity contribution is 6.40.